The van der Waals surface area contributed by atoms with Gasteiger partial charge in [0.25, 0.3) is 5.24 Å². The molecule has 0 fully saturated rings. The Morgan fingerprint density at radius 1 is 1.31 bits per heavy atom. The van der Waals surface area contributed by atoms with Gasteiger partial charge in [-0.3, -0.25) is 4.79 Å². The third-order valence-corrected chi connectivity index (χ3v) is 2.65. The Labute approximate surface area is 98.0 Å². The standard InChI is InChI=1S/C12H10ClNO2/c1-7-11(8(2)16-14-7)9-5-3-4-6-10(9)12(13)15/h3-6H,1-2H3. The Morgan fingerprint density at radius 3 is 2.56 bits per heavy atom. The molecule has 0 aliphatic heterocycles. The fourth-order valence-corrected chi connectivity index (χ4v) is 1.90. The van der Waals surface area contributed by atoms with E-state index in [1.807, 2.05) is 26.0 Å². The van der Waals surface area contributed by atoms with Crippen molar-refractivity contribution in [3.63, 3.8) is 0 Å². The molecule has 0 atom stereocenters. The van der Waals surface area contributed by atoms with Crippen molar-refractivity contribution >= 4 is 16.8 Å². The molecule has 1 aromatic carbocycles. The first-order chi connectivity index (χ1) is 7.61. The molecule has 16 heavy (non-hydrogen) atoms. The van der Waals surface area contributed by atoms with Gasteiger partial charge in [0.2, 0.25) is 0 Å². The van der Waals surface area contributed by atoms with Crippen LogP contribution in [-0.4, -0.2) is 10.4 Å². The molecular weight excluding hydrogens is 226 g/mol. The van der Waals surface area contributed by atoms with Crippen LogP contribution in [0.5, 0.6) is 0 Å². The number of hydrogen-bond donors (Lipinski definition) is 0. The Balaban J connectivity index is 2.69. The van der Waals surface area contributed by atoms with Crippen LogP contribution in [0, 0.1) is 13.8 Å². The van der Waals surface area contributed by atoms with Gasteiger partial charge in [-0.05, 0) is 37.1 Å². The Kier molecular flexibility index (Phi) is 2.79. The lowest BCUT2D eigenvalue weighted by atomic mass is 9.99. The van der Waals surface area contributed by atoms with Crippen LogP contribution in [0.4, 0.5) is 0 Å². The molecule has 1 aromatic heterocycles. The van der Waals surface area contributed by atoms with Crippen LogP contribution >= 0.6 is 11.6 Å². The first kappa shape index (κ1) is 10.9. The molecule has 2 aromatic rings. The summed E-state index contributed by atoms with van der Waals surface area (Å²) in [6.07, 6.45) is 0. The van der Waals surface area contributed by atoms with Crippen molar-refractivity contribution in [2.75, 3.05) is 0 Å². The highest BCUT2D eigenvalue weighted by atomic mass is 35.5. The molecule has 4 heteroatoms. The average Bonchev–Trinajstić information content (AvgIpc) is 2.58. The molecule has 2 rings (SSSR count). The minimum atomic E-state index is -0.476. The normalized spacial score (nSPS) is 10.4. The Hall–Kier alpha value is -1.61. The van der Waals surface area contributed by atoms with Gasteiger partial charge >= 0.3 is 0 Å². The van der Waals surface area contributed by atoms with E-state index in [0.717, 1.165) is 16.8 Å². The number of rotatable bonds is 2. The van der Waals surface area contributed by atoms with Gasteiger partial charge in [0, 0.05) is 11.1 Å². The lowest BCUT2D eigenvalue weighted by molar-refractivity contribution is 0.108. The van der Waals surface area contributed by atoms with Crippen molar-refractivity contribution in [1.29, 1.82) is 0 Å². The van der Waals surface area contributed by atoms with Crippen LogP contribution in [0.25, 0.3) is 11.1 Å². The average molecular weight is 236 g/mol. The summed E-state index contributed by atoms with van der Waals surface area (Å²) < 4.78 is 5.08. The van der Waals surface area contributed by atoms with Gasteiger partial charge < -0.3 is 4.52 Å². The Bertz CT molecular complexity index is 526. The van der Waals surface area contributed by atoms with Gasteiger partial charge in [-0.15, -0.1) is 0 Å². The van der Waals surface area contributed by atoms with E-state index in [2.05, 4.69) is 5.16 Å². The van der Waals surface area contributed by atoms with Crippen LogP contribution in [0.3, 0.4) is 0 Å². The highest BCUT2D eigenvalue weighted by molar-refractivity contribution is 6.68. The van der Waals surface area contributed by atoms with Gasteiger partial charge in [0.1, 0.15) is 5.76 Å². The van der Waals surface area contributed by atoms with Crippen molar-refractivity contribution < 1.29 is 9.32 Å². The number of benzene rings is 1. The largest absolute Gasteiger partial charge is 0.361 e. The molecule has 0 bridgehead atoms. The van der Waals surface area contributed by atoms with E-state index >= 15 is 0 Å². The third kappa shape index (κ3) is 1.74. The number of aryl methyl sites for hydroxylation is 2. The van der Waals surface area contributed by atoms with E-state index in [1.165, 1.54) is 0 Å². The van der Waals surface area contributed by atoms with Crippen LogP contribution < -0.4 is 0 Å². The van der Waals surface area contributed by atoms with Crippen LogP contribution in [0.1, 0.15) is 21.8 Å². The molecule has 1 heterocycles. The quantitative estimate of drug-likeness (QED) is 0.750. The van der Waals surface area contributed by atoms with Crippen molar-refractivity contribution in [2.24, 2.45) is 0 Å². The highest BCUT2D eigenvalue weighted by Crippen LogP contribution is 2.30. The SMILES string of the molecule is Cc1noc(C)c1-c1ccccc1C(=O)Cl. The van der Waals surface area contributed by atoms with Crippen molar-refractivity contribution in [3.8, 4) is 11.1 Å². The maximum Gasteiger partial charge on any atom is 0.253 e. The fourth-order valence-electron chi connectivity index (χ4n) is 1.74. The second-order valence-electron chi connectivity index (χ2n) is 3.52. The first-order valence-corrected chi connectivity index (χ1v) is 5.21. The molecule has 0 aliphatic rings. The molecular formula is C12H10ClNO2. The summed E-state index contributed by atoms with van der Waals surface area (Å²) in [5.74, 6) is 0.683. The van der Waals surface area contributed by atoms with E-state index in [0.29, 0.717) is 11.3 Å². The number of halogens is 1. The smallest absolute Gasteiger partial charge is 0.253 e. The van der Waals surface area contributed by atoms with E-state index in [9.17, 15) is 4.79 Å². The maximum absolute atomic E-state index is 11.3. The molecule has 0 spiro atoms. The molecule has 3 nitrogen and oxygen atoms in total. The summed E-state index contributed by atoms with van der Waals surface area (Å²) >= 11 is 5.54. The second kappa shape index (κ2) is 4.10. The van der Waals surface area contributed by atoms with Gasteiger partial charge in [-0.2, -0.15) is 0 Å². The predicted molar refractivity (Wildman–Crippen MR) is 61.6 cm³/mol. The number of carbonyl (C=O) groups excluding carboxylic acids is 1. The number of carbonyl (C=O) groups is 1. The molecule has 0 aliphatic carbocycles. The molecule has 0 amide bonds. The predicted octanol–water partition coefficient (Wildman–Crippen LogP) is 3.34. The molecule has 82 valence electrons. The number of aromatic nitrogens is 1. The van der Waals surface area contributed by atoms with Crippen LogP contribution in [0.2, 0.25) is 0 Å². The van der Waals surface area contributed by atoms with Crippen molar-refractivity contribution in [3.05, 3.63) is 41.3 Å². The zero-order valence-electron chi connectivity index (χ0n) is 8.95. The summed E-state index contributed by atoms with van der Waals surface area (Å²) in [7, 11) is 0. The fraction of sp³-hybridized carbons (Fsp3) is 0.167. The summed E-state index contributed by atoms with van der Waals surface area (Å²) in [5.41, 5.74) is 2.82. The van der Waals surface area contributed by atoms with Crippen molar-refractivity contribution in [1.82, 2.24) is 5.16 Å². The summed E-state index contributed by atoms with van der Waals surface area (Å²) in [5, 5.41) is 3.39. The molecule has 0 radical (unpaired) electrons. The maximum atomic E-state index is 11.3. The molecule has 0 N–H and O–H groups in total. The zero-order valence-corrected chi connectivity index (χ0v) is 9.71. The van der Waals surface area contributed by atoms with Crippen LogP contribution in [-0.2, 0) is 0 Å². The van der Waals surface area contributed by atoms with Gasteiger partial charge in [0.15, 0.2) is 0 Å². The lowest BCUT2D eigenvalue weighted by Crippen LogP contribution is -1.94. The molecule has 0 saturated carbocycles. The van der Waals surface area contributed by atoms with E-state index in [1.54, 1.807) is 12.1 Å². The molecule has 0 saturated heterocycles. The summed E-state index contributed by atoms with van der Waals surface area (Å²) in [6, 6.07) is 7.15. The number of hydrogen-bond acceptors (Lipinski definition) is 3. The highest BCUT2D eigenvalue weighted by Gasteiger charge is 2.17. The van der Waals surface area contributed by atoms with E-state index in [4.69, 9.17) is 16.1 Å². The van der Waals surface area contributed by atoms with E-state index < -0.39 is 5.24 Å². The second-order valence-corrected chi connectivity index (χ2v) is 3.86. The Morgan fingerprint density at radius 2 is 2.00 bits per heavy atom. The van der Waals surface area contributed by atoms with E-state index in [-0.39, 0.29) is 0 Å². The summed E-state index contributed by atoms with van der Waals surface area (Å²) in [6.45, 7) is 3.64. The van der Waals surface area contributed by atoms with Crippen LogP contribution in [0.15, 0.2) is 28.8 Å². The minimum absolute atomic E-state index is 0.471. The van der Waals surface area contributed by atoms with Gasteiger partial charge in [0.05, 0.1) is 5.69 Å². The lowest BCUT2D eigenvalue weighted by Gasteiger charge is -2.04. The monoisotopic (exact) mass is 235 g/mol. The van der Waals surface area contributed by atoms with Crippen molar-refractivity contribution in [2.45, 2.75) is 13.8 Å². The number of nitrogens with zero attached hydrogens (tertiary/aromatic N) is 1. The summed E-state index contributed by atoms with van der Waals surface area (Å²) in [4.78, 5) is 11.3. The van der Waals surface area contributed by atoms with Gasteiger partial charge in [-0.25, -0.2) is 0 Å². The minimum Gasteiger partial charge on any atom is -0.361 e. The van der Waals surface area contributed by atoms with Gasteiger partial charge in [-0.1, -0.05) is 23.4 Å². The topological polar surface area (TPSA) is 43.1 Å². The first-order valence-electron chi connectivity index (χ1n) is 4.83. The molecule has 0 unspecified atom stereocenters. The zero-order chi connectivity index (χ0) is 11.7. The third-order valence-electron chi connectivity index (χ3n) is 2.44.